The van der Waals surface area contributed by atoms with Crippen LogP contribution in [0.4, 0.5) is 0 Å². The Bertz CT molecular complexity index is 137. The van der Waals surface area contributed by atoms with Crippen molar-refractivity contribution in [1.82, 2.24) is 0 Å². The van der Waals surface area contributed by atoms with Crippen LogP contribution in [0.1, 0.15) is 39.5 Å². The van der Waals surface area contributed by atoms with Crippen LogP contribution in [-0.2, 0) is 0 Å². The molecule has 0 unspecified atom stereocenters. The summed E-state index contributed by atoms with van der Waals surface area (Å²) in [6.07, 6.45) is 7.25. The smallest absolute Gasteiger partial charge is 0.00449 e. The summed E-state index contributed by atoms with van der Waals surface area (Å²) < 4.78 is 0. The first-order chi connectivity index (χ1) is 5.18. The summed E-state index contributed by atoms with van der Waals surface area (Å²) >= 11 is 0. The highest BCUT2D eigenvalue weighted by atomic mass is 14.6. The van der Waals surface area contributed by atoms with Crippen molar-refractivity contribution in [3.05, 3.63) is 11.6 Å². The summed E-state index contributed by atoms with van der Waals surface area (Å²) in [5, 5.41) is 0. The van der Waals surface area contributed by atoms with Gasteiger partial charge in [0, 0.05) is 6.04 Å². The molecule has 0 atom stereocenters. The second kappa shape index (κ2) is 3.91. The van der Waals surface area contributed by atoms with Gasteiger partial charge in [-0.05, 0) is 31.6 Å². The van der Waals surface area contributed by atoms with Gasteiger partial charge < -0.3 is 5.73 Å². The molecule has 0 aromatic heterocycles. The zero-order valence-electron chi connectivity index (χ0n) is 7.64. The Hall–Kier alpha value is -0.300. The SMILES string of the molecule is CC(C)C=C1CCC(N)CC1. The maximum Gasteiger partial charge on any atom is 0.00449 e. The minimum absolute atomic E-state index is 0.472. The molecule has 1 nitrogen and oxygen atoms in total. The largest absolute Gasteiger partial charge is 0.328 e. The number of allylic oxidation sites excluding steroid dienone is 2. The van der Waals surface area contributed by atoms with Gasteiger partial charge in [0.05, 0.1) is 0 Å². The average molecular weight is 153 g/mol. The quantitative estimate of drug-likeness (QED) is 0.575. The van der Waals surface area contributed by atoms with E-state index in [1.54, 1.807) is 5.57 Å². The second-order valence-electron chi connectivity index (χ2n) is 3.91. The number of rotatable bonds is 1. The van der Waals surface area contributed by atoms with Crippen LogP contribution in [0.3, 0.4) is 0 Å². The van der Waals surface area contributed by atoms with E-state index in [-0.39, 0.29) is 0 Å². The van der Waals surface area contributed by atoms with Crippen molar-refractivity contribution < 1.29 is 0 Å². The summed E-state index contributed by atoms with van der Waals surface area (Å²) in [4.78, 5) is 0. The molecule has 11 heavy (non-hydrogen) atoms. The van der Waals surface area contributed by atoms with Gasteiger partial charge in [-0.15, -0.1) is 0 Å². The van der Waals surface area contributed by atoms with E-state index in [2.05, 4.69) is 19.9 Å². The van der Waals surface area contributed by atoms with E-state index in [9.17, 15) is 0 Å². The lowest BCUT2D eigenvalue weighted by molar-refractivity contribution is 0.507. The van der Waals surface area contributed by atoms with E-state index < -0.39 is 0 Å². The highest BCUT2D eigenvalue weighted by Crippen LogP contribution is 2.23. The molecule has 64 valence electrons. The predicted molar refractivity (Wildman–Crippen MR) is 49.4 cm³/mol. The molecule has 0 radical (unpaired) electrons. The molecule has 1 rings (SSSR count). The van der Waals surface area contributed by atoms with Gasteiger partial charge in [-0.3, -0.25) is 0 Å². The maximum absolute atomic E-state index is 5.80. The molecule has 1 heteroatoms. The van der Waals surface area contributed by atoms with E-state index in [0.29, 0.717) is 12.0 Å². The van der Waals surface area contributed by atoms with Crippen molar-refractivity contribution in [1.29, 1.82) is 0 Å². The molecular formula is C10H19N. The summed E-state index contributed by atoms with van der Waals surface area (Å²) in [7, 11) is 0. The van der Waals surface area contributed by atoms with E-state index in [0.717, 1.165) is 0 Å². The fraction of sp³-hybridized carbons (Fsp3) is 0.800. The van der Waals surface area contributed by atoms with Crippen molar-refractivity contribution in [2.24, 2.45) is 11.7 Å². The molecule has 1 saturated carbocycles. The van der Waals surface area contributed by atoms with Gasteiger partial charge in [0.15, 0.2) is 0 Å². The molecule has 1 fully saturated rings. The van der Waals surface area contributed by atoms with Gasteiger partial charge in [0.25, 0.3) is 0 Å². The summed E-state index contributed by atoms with van der Waals surface area (Å²) in [6, 6.07) is 0.472. The monoisotopic (exact) mass is 153 g/mol. The van der Waals surface area contributed by atoms with Crippen LogP contribution in [0.15, 0.2) is 11.6 Å². The van der Waals surface area contributed by atoms with Crippen molar-refractivity contribution in [3.8, 4) is 0 Å². The Morgan fingerprint density at radius 1 is 1.36 bits per heavy atom. The maximum atomic E-state index is 5.80. The second-order valence-corrected chi connectivity index (χ2v) is 3.91. The molecule has 2 N–H and O–H groups in total. The van der Waals surface area contributed by atoms with Crippen LogP contribution < -0.4 is 5.73 Å². The van der Waals surface area contributed by atoms with Crippen LogP contribution in [0.5, 0.6) is 0 Å². The van der Waals surface area contributed by atoms with Crippen LogP contribution >= 0.6 is 0 Å². The molecule has 1 aliphatic carbocycles. The van der Waals surface area contributed by atoms with E-state index in [4.69, 9.17) is 5.73 Å². The summed E-state index contributed by atoms with van der Waals surface area (Å²) in [6.45, 7) is 4.48. The normalized spacial score (nSPS) is 25.8. The fourth-order valence-corrected chi connectivity index (χ4v) is 1.65. The first kappa shape index (κ1) is 8.79. The third kappa shape index (κ3) is 3.06. The Balaban J connectivity index is 2.38. The Morgan fingerprint density at radius 3 is 2.36 bits per heavy atom. The topological polar surface area (TPSA) is 26.0 Å². The minimum Gasteiger partial charge on any atom is -0.328 e. The summed E-state index contributed by atoms with van der Waals surface area (Å²) in [5.41, 5.74) is 7.43. The third-order valence-corrected chi connectivity index (χ3v) is 2.24. The van der Waals surface area contributed by atoms with Crippen LogP contribution in [0.25, 0.3) is 0 Å². The lowest BCUT2D eigenvalue weighted by Gasteiger charge is -2.20. The van der Waals surface area contributed by atoms with E-state index >= 15 is 0 Å². The highest BCUT2D eigenvalue weighted by molar-refractivity contribution is 5.06. The van der Waals surface area contributed by atoms with Gasteiger partial charge in [0.2, 0.25) is 0 Å². The molecule has 0 saturated heterocycles. The molecular weight excluding hydrogens is 134 g/mol. The van der Waals surface area contributed by atoms with Gasteiger partial charge in [0.1, 0.15) is 0 Å². The Morgan fingerprint density at radius 2 is 1.91 bits per heavy atom. The molecule has 0 aromatic rings. The molecule has 0 spiro atoms. The van der Waals surface area contributed by atoms with Crippen LogP contribution in [-0.4, -0.2) is 6.04 Å². The van der Waals surface area contributed by atoms with Crippen LogP contribution in [0.2, 0.25) is 0 Å². The third-order valence-electron chi connectivity index (χ3n) is 2.24. The first-order valence-corrected chi connectivity index (χ1v) is 4.63. The van der Waals surface area contributed by atoms with E-state index in [1.165, 1.54) is 25.7 Å². The van der Waals surface area contributed by atoms with Gasteiger partial charge in [-0.25, -0.2) is 0 Å². The van der Waals surface area contributed by atoms with Crippen molar-refractivity contribution in [2.45, 2.75) is 45.6 Å². The van der Waals surface area contributed by atoms with Gasteiger partial charge >= 0.3 is 0 Å². The number of hydrogen-bond donors (Lipinski definition) is 1. The molecule has 1 aliphatic rings. The van der Waals surface area contributed by atoms with E-state index in [1.807, 2.05) is 0 Å². The number of nitrogens with two attached hydrogens (primary N) is 1. The van der Waals surface area contributed by atoms with Gasteiger partial charge in [-0.2, -0.15) is 0 Å². The van der Waals surface area contributed by atoms with Crippen molar-refractivity contribution in [3.63, 3.8) is 0 Å². The first-order valence-electron chi connectivity index (χ1n) is 4.63. The molecule has 0 aromatic carbocycles. The predicted octanol–water partition coefficient (Wildman–Crippen LogP) is 2.47. The van der Waals surface area contributed by atoms with Crippen LogP contribution in [0, 0.1) is 5.92 Å². The summed E-state index contributed by atoms with van der Waals surface area (Å²) in [5.74, 6) is 0.708. The zero-order valence-corrected chi connectivity index (χ0v) is 7.64. The van der Waals surface area contributed by atoms with Crippen molar-refractivity contribution in [2.75, 3.05) is 0 Å². The standard InChI is InChI=1S/C10H19N/c1-8(2)7-9-3-5-10(11)6-4-9/h7-8,10H,3-6,11H2,1-2H3. The average Bonchev–Trinajstić information content (AvgIpc) is 1.93. The Labute approximate surface area is 69.7 Å². The van der Waals surface area contributed by atoms with Crippen molar-refractivity contribution >= 4 is 0 Å². The molecule has 0 amide bonds. The Kier molecular flexibility index (Phi) is 3.13. The molecule has 0 aliphatic heterocycles. The lowest BCUT2D eigenvalue weighted by atomic mass is 9.90. The zero-order chi connectivity index (χ0) is 8.27. The fourth-order valence-electron chi connectivity index (χ4n) is 1.65. The lowest BCUT2D eigenvalue weighted by Crippen LogP contribution is -2.23. The minimum atomic E-state index is 0.472. The van der Waals surface area contributed by atoms with Gasteiger partial charge in [-0.1, -0.05) is 25.5 Å². The number of hydrogen-bond acceptors (Lipinski definition) is 1. The highest BCUT2D eigenvalue weighted by Gasteiger charge is 2.11. The molecule has 0 bridgehead atoms. The molecule has 0 heterocycles.